The third-order valence-electron chi connectivity index (χ3n) is 4.63. The molecule has 0 fully saturated rings. The standard InChI is InChI=1S/C25H25F2N3O2/c1-17(2)28-25(32)30(16-18-6-8-20(26)9-7-18)23-5-3-4-19(14-23)15-24(31)29-22-12-10-21(27)11-13-22/h3-14,17H,15-16H2,1-2H3,(H,28,32)(H,29,31). The first-order valence-electron chi connectivity index (χ1n) is 10.3. The van der Waals surface area contributed by atoms with Gasteiger partial charge in [0.25, 0.3) is 0 Å². The monoisotopic (exact) mass is 437 g/mol. The van der Waals surface area contributed by atoms with Crippen molar-refractivity contribution < 1.29 is 18.4 Å². The molecule has 0 radical (unpaired) electrons. The van der Waals surface area contributed by atoms with Crippen LogP contribution in [0.5, 0.6) is 0 Å². The van der Waals surface area contributed by atoms with Crippen molar-refractivity contribution in [3.63, 3.8) is 0 Å². The maximum atomic E-state index is 13.3. The van der Waals surface area contributed by atoms with Gasteiger partial charge in [0.2, 0.25) is 5.91 Å². The molecular formula is C25H25F2N3O2. The lowest BCUT2D eigenvalue weighted by molar-refractivity contribution is -0.115. The quantitative estimate of drug-likeness (QED) is 0.529. The molecule has 3 aromatic rings. The Labute approximate surface area is 186 Å². The first-order valence-corrected chi connectivity index (χ1v) is 10.3. The molecule has 0 atom stereocenters. The Morgan fingerprint density at radius 3 is 2.12 bits per heavy atom. The summed E-state index contributed by atoms with van der Waals surface area (Å²) >= 11 is 0. The number of benzene rings is 3. The van der Waals surface area contributed by atoms with Gasteiger partial charge in [-0.05, 0) is 73.5 Å². The molecule has 166 valence electrons. The summed E-state index contributed by atoms with van der Waals surface area (Å²) in [5.74, 6) is -0.983. The number of urea groups is 1. The van der Waals surface area contributed by atoms with E-state index in [9.17, 15) is 18.4 Å². The SMILES string of the molecule is CC(C)NC(=O)N(Cc1ccc(F)cc1)c1cccc(CC(=O)Nc2ccc(F)cc2)c1. The van der Waals surface area contributed by atoms with E-state index in [1.807, 2.05) is 13.8 Å². The van der Waals surface area contributed by atoms with E-state index in [1.165, 1.54) is 36.4 Å². The number of rotatable bonds is 7. The zero-order chi connectivity index (χ0) is 23.1. The Kier molecular flexibility index (Phi) is 7.54. The molecule has 0 aliphatic rings. The summed E-state index contributed by atoms with van der Waals surface area (Å²) in [5, 5.41) is 5.60. The minimum absolute atomic E-state index is 0.0668. The molecule has 0 unspecified atom stereocenters. The molecule has 3 rings (SSSR count). The molecule has 3 aromatic carbocycles. The molecular weight excluding hydrogens is 412 g/mol. The number of nitrogens with zero attached hydrogens (tertiary/aromatic N) is 1. The van der Waals surface area contributed by atoms with Crippen molar-refractivity contribution in [2.75, 3.05) is 10.2 Å². The van der Waals surface area contributed by atoms with Crippen LogP contribution in [0.3, 0.4) is 0 Å². The Hall–Kier alpha value is -3.74. The van der Waals surface area contributed by atoms with Crippen molar-refractivity contribution >= 4 is 23.3 Å². The molecule has 0 spiro atoms. The van der Waals surface area contributed by atoms with E-state index in [4.69, 9.17) is 0 Å². The zero-order valence-corrected chi connectivity index (χ0v) is 17.9. The molecule has 2 N–H and O–H groups in total. The summed E-state index contributed by atoms with van der Waals surface area (Å²) in [5.41, 5.74) is 2.59. The fraction of sp³-hybridized carbons (Fsp3) is 0.200. The Balaban J connectivity index is 1.78. The Morgan fingerprint density at radius 1 is 0.875 bits per heavy atom. The van der Waals surface area contributed by atoms with Gasteiger partial charge in [-0.1, -0.05) is 24.3 Å². The first kappa shape index (κ1) is 22.9. The highest BCUT2D eigenvalue weighted by Gasteiger charge is 2.18. The number of hydrogen-bond acceptors (Lipinski definition) is 2. The predicted octanol–water partition coefficient (Wildman–Crippen LogP) is 5.27. The van der Waals surface area contributed by atoms with Gasteiger partial charge in [0.05, 0.1) is 13.0 Å². The second-order valence-corrected chi connectivity index (χ2v) is 7.72. The van der Waals surface area contributed by atoms with Crippen molar-refractivity contribution in [3.05, 3.63) is 95.6 Å². The van der Waals surface area contributed by atoms with Gasteiger partial charge in [-0.15, -0.1) is 0 Å². The molecule has 0 heterocycles. The summed E-state index contributed by atoms with van der Waals surface area (Å²) in [6.45, 7) is 3.97. The lowest BCUT2D eigenvalue weighted by atomic mass is 10.1. The smallest absolute Gasteiger partial charge is 0.322 e. The maximum absolute atomic E-state index is 13.3. The molecule has 5 nitrogen and oxygen atoms in total. The van der Waals surface area contributed by atoms with Crippen LogP contribution in [0.2, 0.25) is 0 Å². The highest BCUT2D eigenvalue weighted by Crippen LogP contribution is 2.21. The van der Waals surface area contributed by atoms with Crippen LogP contribution < -0.4 is 15.5 Å². The molecule has 32 heavy (non-hydrogen) atoms. The van der Waals surface area contributed by atoms with Crippen LogP contribution >= 0.6 is 0 Å². The Bertz CT molecular complexity index is 1070. The van der Waals surface area contributed by atoms with E-state index >= 15 is 0 Å². The van der Waals surface area contributed by atoms with E-state index in [2.05, 4.69) is 10.6 Å². The van der Waals surface area contributed by atoms with Crippen molar-refractivity contribution in [2.24, 2.45) is 0 Å². The number of carbonyl (C=O) groups is 2. The highest BCUT2D eigenvalue weighted by molar-refractivity contribution is 5.94. The second kappa shape index (κ2) is 10.5. The second-order valence-electron chi connectivity index (χ2n) is 7.72. The van der Waals surface area contributed by atoms with Crippen molar-refractivity contribution in [1.29, 1.82) is 0 Å². The Morgan fingerprint density at radius 2 is 1.50 bits per heavy atom. The maximum Gasteiger partial charge on any atom is 0.322 e. The summed E-state index contributed by atoms with van der Waals surface area (Å²) < 4.78 is 26.3. The van der Waals surface area contributed by atoms with Gasteiger partial charge in [-0.2, -0.15) is 0 Å². The minimum atomic E-state index is -0.378. The van der Waals surface area contributed by atoms with E-state index in [-0.39, 0.29) is 42.6 Å². The van der Waals surface area contributed by atoms with Crippen LogP contribution in [-0.4, -0.2) is 18.0 Å². The molecule has 0 aliphatic heterocycles. The van der Waals surface area contributed by atoms with Gasteiger partial charge in [0.1, 0.15) is 11.6 Å². The molecule has 0 bridgehead atoms. The highest BCUT2D eigenvalue weighted by atomic mass is 19.1. The van der Waals surface area contributed by atoms with E-state index < -0.39 is 0 Å². The predicted molar refractivity (Wildman–Crippen MR) is 121 cm³/mol. The fourth-order valence-electron chi connectivity index (χ4n) is 3.14. The van der Waals surface area contributed by atoms with Crippen molar-refractivity contribution in [3.8, 4) is 0 Å². The largest absolute Gasteiger partial charge is 0.336 e. The summed E-state index contributed by atoms with van der Waals surface area (Å²) in [6, 6.07) is 18.3. The van der Waals surface area contributed by atoms with E-state index in [0.29, 0.717) is 16.9 Å². The van der Waals surface area contributed by atoms with E-state index in [1.54, 1.807) is 41.3 Å². The number of carbonyl (C=O) groups excluding carboxylic acids is 2. The van der Waals surface area contributed by atoms with Gasteiger partial charge in [-0.3, -0.25) is 9.69 Å². The fourth-order valence-corrected chi connectivity index (χ4v) is 3.14. The molecule has 0 aromatic heterocycles. The third-order valence-corrected chi connectivity index (χ3v) is 4.63. The van der Waals surface area contributed by atoms with Crippen LogP contribution in [0, 0.1) is 11.6 Å². The molecule has 0 aliphatic carbocycles. The lowest BCUT2D eigenvalue weighted by Gasteiger charge is -2.25. The zero-order valence-electron chi connectivity index (χ0n) is 17.9. The number of nitrogens with one attached hydrogen (secondary N) is 2. The van der Waals surface area contributed by atoms with Crippen molar-refractivity contribution in [1.82, 2.24) is 5.32 Å². The van der Waals surface area contributed by atoms with Crippen LogP contribution in [0.4, 0.5) is 25.0 Å². The van der Waals surface area contributed by atoms with Gasteiger partial charge < -0.3 is 10.6 Å². The van der Waals surface area contributed by atoms with Crippen LogP contribution in [-0.2, 0) is 17.8 Å². The first-order chi connectivity index (χ1) is 15.3. The number of anilines is 2. The van der Waals surface area contributed by atoms with Gasteiger partial charge >= 0.3 is 6.03 Å². The van der Waals surface area contributed by atoms with Crippen LogP contribution in [0.15, 0.2) is 72.8 Å². The topological polar surface area (TPSA) is 61.4 Å². The molecule has 0 saturated carbocycles. The summed E-state index contributed by atoms with van der Waals surface area (Å²) in [6.07, 6.45) is 0.0847. The van der Waals surface area contributed by atoms with Gasteiger partial charge in [-0.25, -0.2) is 13.6 Å². The number of amides is 3. The third kappa shape index (κ3) is 6.63. The van der Waals surface area contributed by atoms with Crippen molar-refractivity contribution in [2.45, 2.75) is 32.9 Å². The van der Waals surface area contributed by atoms with Crippen LogP contribution in [0.1, 0.15) is 25.0 Å². The lowest BCUT2D eigenvalue weighted by Crippen LogP contribution is -2.42. The summed E-state index contributed by atoms with van der Waals surface area (Å²) in [7, 11) is 0. The normalized spacial score (nSPS) is 10.7. The molecule has 0 saturated heterocycles. The minimum Gasteiger partial charge on any atom is -0.336 e. The molecule has 3 amide bonds. The molecule has 7 heteroatoms. The van der Waals surface area contributed by atoms with Gasteiger partial charge in [0.15, 0.2) is 0 Å². The number of halogens is 2. The van der Waals surface area contributed by atoms with E-state index in [0.717, 1.165) is 5.56 Å². The average Bonchev–Trinajstić information content (AvgIpc) is 2.74. The number of hydrogen-bond donors (Lipinski definition) is 2. The van der Waals surface area contributed by atoms with Crippen LogP contribution in [0.25, 0.3) is 0 Å². The summed E-state index contributed by atoms with van der Waals surface area (Å²) in [4.78, 5) is 26.8. The van der Waals surface area contributed by atoms with Gasteiger partial charge in [0, 0.05) is 17.4 Å². The average molecular weight is 437 g/mol.